The van der Waals surface area contributed by atoms with Crippen LogP contribution in [0.15, 0.2) is 54.0 Å². The molecule has 4 heterocycles. The van der Waals surface area contributed by atoms with Crippen molar-refractivity contribution in [2.45, 2.75) is 6.54 Å². The number of hydrogen-bond donors (Lipinski definition) is 0. The Hall–Kier alpha value is -3.16. The average molecular weight is 338 g/mol. The van der Waals surface area contributed by atoms with Crippen LogP contribution in [0, 0.1) is 11.7 Å². The number of aromatic nitrogens is 5. The Bertz CT molecular complexity index is 939. The van der Waals surface area contributed by atoms with Crippen LogP contribution in [-0.2, 0) is 6.54 Å². The number of rotatable bonds is 4. The first-order valence-electron chi connectivity index (χ1n) is 7.90. The SMILES string of the molecule is O=c1ccc(-c2cccnc2)nn1CC1CN(c2ncncc2F)C1. The Labute approximate surface area is 142 Å². The van der Waals surface area contributed by atoms with Crippen molar-refractivity contribution in [2.24, 2.45) is 5.92 Å². The first kappa shape index (κ1) is 15.4. The smallest absolute Gasteiger partial charge is 0.266 e. The van der Waals surface area contributed by atoms with Gasteiger partial charge < -0.3 is 4.90 Å². The highest BCUT2D eigenvalue weighted by atomic mass is 19.1. The lowest BCUT2D eigenvalue weighted by molar-refractivity contribution is 0.330. The minimum atomic E-state index is -0.435. The van der Waals surface area contributed by atoms with E-state index in [1.54, 1.807) is 18.5 Å². The van der Waals surface area contributed by atoms with Crippen molar-refractivity contribution in [3.8, 4) is 11.3 Å². The Kier molecular flexibility index (Phi) is 3.93. The molecule has 1 aliphatic heterocycles. The van der Waals surface area contributed by atoms with E-state index in [0.717, 1.165) is 11.8 Å². The Balaban J connectivity index is 1.47. The van der Waals surface area contributed by atoms with Gasteiger partial charge in [0.15, 0.2) is 11.6 Å². The molecule has 0 amide bonds. The van der Waals surface area contributed by atoms with Gasteiger partial charge in [-0.15, -0.1) is 0 Å². The quantitative estimate of drug-likeness (QED) is 0.715. The lowest BCUT2D eigenvalue weighted by Gasteiger charge is -2.40. The van der Waals surface area contributed by atoms with Crippen LogP contribution in [0.5, 0.6) is 0 Å². The van der Waals surface area contributed by atoms with E-state index in [4.69, 9.17) is 0 Å². The molecule has 0 N–H and O–H groups in total. The minimum absolute atomic E-state index is 0.153. The fraction of sp³-hybridized carbons (Fsp3) is 0.235. The highest BCUT2D eigenvalue weighted by Gasteiger charge is 2.30. The molecular formula is C17H15FN6O. The van der Waals surface area contributed by atoms with Crippen LogP contribution in [-0.4, -0.2) is 37.8 Å². The van der Waals surface area contributed by atoms with Gasteiger partial charge in [0.25, 0.3) is 5.56 Å². The molecule has 1 aliphatic rings. The van der Waals surface area contributed by atoms with Crippen molar-refractivity contribution in [1.29, 1.82) is 0 Å². The van der Waals surface area contributed by atoms with Crippen molar-refractivity contribution >= 4 is 5.82 Å². The van der Waals surface area contributed by atoms with Gasteiger partial charge >= 0.3 is 0 Å². The van der Waals surface area contributed by atoms with E-state index >= 15 is 0 Å². The van der Waals surface area contributed by atoms with Gasteiger partial charge in [0, 0.05) is 43.0 Å². The molecule has 0 spiro atoms. The minimum Gasteiger partial charge on any atom is -0.353 e. The average Bonchev–Trinajstić information content (AvgIpc) is 2.61. The molecule has 0 aromatic carbocycles. The van der Waals surface area contributed by atoms with Gasteiger partial charge in [-0.25, -0.2) is 19.0 Å². The molecule has 0 bridgehead atoms. The Morgan fingerprint density at radius 3 is 2.80 bits per heavy atom. The first-order chi connectivity index (χ1) is 12.2. The van der Waals surface area contributed by atoms with Crippen molar-refractivity contribution in [1.82, 2.24) is 24.7 Å². The van der Waals surface area contributed by atoms with Gasteiger partial charge in [-0.2, -0.15) is 5.10 Å². The number of hydrogen-bond acceptors (Lipinski definition) is 6. The molecular weight excluding hydrogens is 323 g/mol. The molecule has 4 rings (SSSR count). The maximum atomic E-state index is 13.7. The van der Waals surface area contributed by atoms with Crippen LogP contribution in [0.4, 0.5) is 10.2 Å². The fourth-order valence-corrected chi connectivity index (χ4v) is 2.89. The maximum Gasteiger partial charge on any atom is 0.266 e. The second kappa shape index (κ2) is 6.39. The zero-order chi connectivity index (χ0) is 17.2. The molecule has 0 aliphatic carbocycles. The van der Waals surface area contributed by atoms with Crippen molar-refractivity contribution < 1.29 is 4.39 Å². The van der Waals surface area contributed by atoms with E-state index in [9.17, 15) is 9.18 Å². The van der Waals surface area contributed by atoms with Crippen LogP contribution < -0.4 is 10.5 Å². The number of anilines is 1. The van der Waals surface area contributed by atoms with Crippen molar-refractivity contribution in [3.05, 3.63) is 65.4 Å². The molecule has 25 heavy (non-hydrogen) atoms. The second-order valence-corrected chi connectivity index (χ2v) is 5.95. The molecule has 0 unspecified atom stereocenters. The van der Waals surface area contributed by atoms with E-state index in [1.165, 1.54) is 17.1 Å². The molecule has 1 fully saturated rings. The van der Waals surface area contributed by atoms with Gasteiger partial charge in [0.2, 0.25) is 0 Å². The van der Waals surface area contributed by atoms with Crippen LogP contribution in [0.3, 0.4) is 0 Å². The third kappa shape index (κ3) is 3.10. The monoisotopic (exact) mass is 338 g/mol. The molecule has 3 aromatic heterocycles. The van der Waals surface area contributed by atoms with Gasteiger partial charge in [-0.05, 0) is 18.2 Å². The fourth-order valence-electron chi connectivity index (χ4n) is 2.89. The topological polar surface area (TPSA) is 76.8 Å². The first-order valence-corrected chi connectivity index (χ1v) is 7.90. The predicted octanol–water partition coefficient (Wildman–Crippen LogP) is 1.37. The largest absolute Gasteiger partial charge is 0.353 e. The van der Waals surface area contributed by atoms with Crippen molar-refractivity contribution in [2.75, 3.05) is 18.0 Å². The summed E-state index contributed by atoms with van der Waals surface area (Å²) in [6.45, 7) is 1.73. The van der Waals surface area contributed by atoms with Crippen LogP contribution in [0.2, 0.25) is 0 Å². The molecule has 0 radical (unpaired) electrons. The summed E-state index contributed by atoms with van der Waals surface area (Å²) >= 11 is 0. The zero-order valence-electron chi connectivity index (χ0n) is 13.3. The summed E-state index contributed by atoms with van der Waals surface area (Å²) in [6.07, 6.45) is 5.88. The summed E-state index contributed by atoms with van der Waals surface area (Å²) in [7, 11) is 0. The summed E-state index contributed by atoms with van der Waals surface area (Å²) < 4.78 is 15.1. The van der Waals surface area contributed by atoms with Crippen LogP contribution >= 0.6 is 0 Å². The molecule has 126 valence electrons. The van der Waals surface area contributed by atoms with Gasteiger partial charge in [0.1, 0.15) is 6.33 Å². The summed E-state index contributed by atoms with van der Waals surface area (Å²) in [5, 5.41) is 4.43. The lowest BCUT2D eigenvalue weighted by Crippen LogP contribution is -2.50. The van der Waals surface area contributed by atoms with Crippen LogP contribution in [0.25, 0.3) is 11.3 Å². The van der Waals surface area contributed by atoms with E-state index in [1.807, 2.05) is 17.0 Å². The molecule has 3 aromatic rings. The second-order valence-electron chi connectivity index (χ2n) is 5.95. The number of pyridine rings is 1. The standard InChI is InChI=1S/C17H15FN6O/c18-14-7-20-11-21-17(14)23-8-12(9-23)10-24-16(25)4-3-15(22-24)13-2-1-5-19-6-13/h1-7,11-12H,8-10H2. The van der Waals surface area contributed by atoms with E-state index in [-0.39, 0.29) is 11.5 Å². The normalized spacial score (nSPS) is 14.4. The predicted molar refractivity (Wildman–Crippen MR) is 89.4 cm³/mol. The Morgan fingerprint density at radius 2 is 2.04 bits per heavy atom. The highest BCUT2D eigenvalue weighted by Crippen LogP contribution is 2.25. The van der Waals surface area contributed by atoms with Crippen molar-refractivity contribution in [3.63, 3.8) is 0 Å². The zero-order valence-corrected chi connectivity index (χ0v) is 13.3. The third-order valence-electron chi connectivity index (χ3n) is 4.16. The van der Waals surface area contributed by atoms with Crippen LogP contribution in [0.1, 0.15) is 0 Å². The maximum absolute atomic E-state index is 13.7. The number of halogens is 1. The summed E-state index contributed by atoms with van der Waals surface area (Å²) in [4.78, 5) is 25.6. The van der Waals surface area contributed by atoms with Gasteiger partial charge in [-0.3, -0.25) is 9.78 Å². The number of nitrogens with zero attached hydrogens (tertiary/aromatic N) is 6. The molecule has 0 saturated carbocycles. The van der Waals surface area contributed by atoms with Gasteiger partial charge in [0.05, 0.1) is 18.4 Å². The van der Waals surface area contributed by atoms with Gasteiger partial charge in [-0.1, -0.05) is 0 Å². The summed E-state index contributed by atoms with van der Waals surface area (Å²) in [5.41, 5.74) is 1.40. The Morgan fingerprint density at radius 1 is 1.16 bits per heavy atom. The third-order valence-corrected chi connectivity index (χ3v) is 4.16. The highest BCUT2D eigenvalue weighted by molar-refractivity contribution is 5.56. The molecule has 1 saturated heterocycles. The molecule has 8 heteroatoms. The van der Waals surface area contributed by atoms with E-state index < -0.39 is 5.82 Å². The summed E-state index contributed by atoms with van der Waals surface area (Å²) in [5.74, 6) is 0.0780. The molecule has 0 atom stereocenters. The molecule has 7 nitrogen and oxygen atoms in total. The lowest BCUT2D eigenvalue weighted by atomic mass is 10.0. The van der Waals surface area contributed by atoms with E-state index in [0.29, 0.717) is 31.1 Å². The summed E-state index contributed by atoms with van der Waals surface area (Å²) in [6, 6.07) is 6.93. The van der Waals surface area contributed by atoms with E-state index in [2.05, 4.69) is 20.1 Å².